The number of hydrogen-bond donors (Lipinski definition) is 1. The van der Waals surface area contributed by atoms with E-state index in [0.29, 0.717) is 17.7 Å². The number of carbonyl (C=O) groups is 2. The fourth-order valence-corrected chi connectivity index (χ4v) is 3.71. The van der Waals surface area contributed by atoms with Crippen molar-refractivity contribution in [3.63, 3.8) is 0 Å². The highest BCUT2D eigenvalue weighted by Crippen LogP contribution is 2.30. The molecule has 4 rings (SSSR count). The van der Waals surface area contributed by atoms with E-state index in [0.717, 1.165) is 40.2 Å². The first kappa shape index (κ1) is 23.2. The van der Waals surface area contributed by atoms with Gasteiger partial charge >= 0.3 is 12.1 Å². The Morgan fingerprint density at radius 3 is 2.24 bits per heavy atom. The van der Waals surface area contributed by atoms with Crippen LogP contribution in [0.3, 0.4) is 0 Å². The normalized spacial score (nSPS) is 12.6. The Labute approximate surface area is 194 Å². The number of nitrogens with zero attached hydrogens (tertiary/aromatic N) is 1. The molecule has 0 unspecified atom stereocenters. The number of rotatable bonds is 6. The number of hydrogen-bond acceptors (Lipinski definition) is 4. The molecule has 0 fully saturated rings. The molecule has 34 heavy (non-hydrogen) atoms. The zero-order valence-corrected chi connectivity index (χ0v) is 18.3. The monoisotopic (exact) mass is 466 g/mol. The van der Waals surface area contributed by atoms with E-state index in [1.54, 1.807) is 0 Å². The molecule has 0 spiro atoms. The minimum atomic E-state index is -4.41. The fourth-order valence-electron chi connectivity index (χ4n) is 3.71. The number of halogens is 3. The second kappa shape index (κ2) is 9.51. The molecule has 0 aliphatic heterocycles. The minimum absolute atomic E-state index is 0.0335. The average molecular weight is 466 g/mol. The fraction of sp³-hybridized carbons (Fsp3) is 0.192. The maximum absolute atomic E-state index is 12.7. The molecule has 0 saturated carbocycles. The minimum Gasteiger partial charge on any atom is -0.469 e. The molecule has 0 saturated heterocycles. The van der Waals surface area contributed by atoms with E-state index in [2.05, 4.69) is 10.1 Å². The van der Waals surface area contributed by atoms with Crippen molar-refractivity contribution in [3.05, 3.63) is 94.7 Å². The third-order valence-electron chi connectivity index (χ3n) is 5.51. The van der Waals surface area contributed by atoms with Gasteiger partial charge in [-0.05, 0) is 35.4 Å². The number of esters is 1. The van der Waals surface area contributed by atoms with E-state index < -0.39 is 11.7 Å². The van der Waals surface area contributed by atoms with Gasteiger partial charge in [0.1, 0.15) is 0 Å². The Kier molecular flexibility index (Phi) is 6.49. The molecule has 174 valence electrons. The third-order valence-corrected chi connectivity index (χ3v) is 5.51. The Bertz CT molecular complexity index is 1250. The second-order valence-electron chi connectivity index (χ2n) is 7.88. The Balaban J connectivity index is 1.40. The van der Waals surface area contributed by atoms with Gasteiger partial charge in [0.15, 0.2) is 0 Å². The van der Waals surface area contributed by atoms with Gasteiger partial charge in [-0.15, -0.1) is 0 Å². The quantitative estimate of drug-likeness (QED) is 0.533. The number of allylic oxidation sites excluding steroid dienone is 1. The van der Waals surface area contributed by atoms with Gasteiger partial charge in [-0.3, -0.25) is 14.6 Å². The second-order valence-corrected chi connectivity index (χ2v) is 7.88. The lowest BCUT2D eigenvalue weighted by Crippen LogP contribution is -2.23. The summed E-state index contributed by atoms with van der Waals surface area (Å²) in [7, 11) is 1.35. The molecule has 8 heteroatoms. The van der Waals surface area contributed by atoms with Crippen molar-refractivity contribution in [1.82, 2.24) is 10.3 Å². The number of pyridine rings is 1. The van der Waals surface area contributed by atoms with Crippen molar-refractivity contribution in [3.8, 4) is 11.3 Å². The number of ether oxygens (including phenoxy) is 1. The number of amides is 1. The van der Waals surface area contributed by atoms with Crippen LogP contribution in [0, 0.1) is 0 Å². The largest absolute Gasteiger partial charge is 0.469 e. The van der Waals surface area contributed by atoms with Gasteiger partial charge in [-0.25, -0.2) is 0 Å². The number of alkyl halides is 3. The summed E-state index contributed by atoms with van der Waals surface area (Å²) >= 11 is 0. The van der Waals surface area contributed by atoms with E-state index in [1.807, 2.05) is 42.5 Å². The van der Waals surface area contributed by atoms with Gasteiger partial charge in [0.2, 0.25) is 5.91 Å². The molecule has 1 aromatic heterocycles. The van der Waals surface area contributed by atoms with Gasteiger partial charge in [0, 0.05) is 23.2 Å². The van der Waals surface area contributed by atoms with Crippen molar-refractivity contribution in [1.29, 1.82) is 0 Å². The van der Waals surface area contributed by atoms with Crippen LogP contribution in [-0.4, -0.2) is 24.0 Å². The SMILES string of the molecule is COC(=O)Cc1ccc(-c2ccc3c(n2)CC=C3NC(=O)Cc2ccc(C(F)(F)F)cc2)cc1. The zero-order chi connectivity index (χ0) is 24.3. The highest BCUT2D eigenvalue weighted by atomic mass is 19.4. The summed E-state index contributed by atoms with van der Waals surface area (Å²) in [6, 6.07) is 15.8. The topological polar surface area (TPSA) is 68.3 Å². The van der Waals surface area contributed by atoms with E-state index in [4.69, 9.17) is 4.98 Å². The van der Waals surface area contributed by atoms with E-state index in [-0.39, 0.29) is 24.7 Å². The highest BCUT2D eigenvalue weighted by Gasteiger charge is 2.30. The molecule has 2 aromatic carbocycles. The molecule has 1 N–H and O–H groups in total. The molecule has 1 amide bonds. The van der Waals surface area contributed by atoms with Gasteiger partial charge in [-0.2, -0.15) is 13.2 Å². The molecule has 1 heterocycles. The van der Waals surface area contributed by atoms with Crippen LogP contribution in [0.2, 0.25) is 0 Å². The predicted molar refractivity (Wildman–Crippen MR) is 120 cm³/mol. The molecule has 1 aliphatic rings. The van der Waals surface area contributed by atoms with E-state index >= 15 is 0 Å². The van der Waals surface area contributed by atoms with Crippen LogP contribution in [0.1, 0.15) is 27.9 Å². The van der Waals surface area contributed by atoms with Crippen molar-refractivity contribution in [2.75, 3.05) is 7.11 Å². The van der Waals surface area contributed by atoms with Gasteiger partial charge in [0.05, 0.1) is 36.9 Å². The van der Waals surface area contributed by atoms with Crippen LogP contribution in [0.15, 0.2) is 66.7 Å². The third kappa shape index (κ3) is 5.33. The number of benzene rings is 2. The number of methoxy groups -OCH3 is 1. The molecular weight excluding hydrogens is 445 g/mol. The number of carbonyl (C=O) groups excluding carboxylic acids is 2. The first-order valence-corrected chi connectivity index (χ1v) is 10.6. The van der Waals surface area contributed by atoms with Crippen LogP contribution in [0.4, 0.5) is 13.2 Å². The van der Waals surface area contributed by atoms with E-state index in [1.165, 1.54) is 19.2 Å². The summed E-state index contributed by atoms with van der Waals surface area (Å²) in [6.45, 7) is 0. The van der Waals surface area contributed by atoms with Gasteiger partial charge in [-0.1, -0.05) is 42.5 Å². The first-order chi connectivity index (χ1) is 16.2. The molecule has 0 bridgehead atoms. The summed E-state index contributed by atoms with van der Waals surface area (Å²) in [6.07, 6.45) is -1.82. The lowest BCUT2D eigenvalue weighted by molar-refractivity contribution is -0.140. The maximum Gasteiger partial charge on any atom is 0.416 e. The molecule has 1 aliphatic carbocycles. The average Bonchev–Trinajstić information content (AvgIpc) is 3.21. The lowest BCUT2D eigenvalue weighted by atomic mass is 10.0. The summed E-state index contributed by atoms with van der Waals surface area (Å²) in [5.41, 5.74) is 4.53. The first-order valence-electron chi connectivity index (χ1n) is 10.6. The highest BCUT2D eigenvalue weighted by molar-refractivity contribution is 5.89. The zero-order valence-electron chi connectivity index (χ0n) is 18.3. The van der Waals surface area contributed by atoms with Crippen LogP contribution in [-0.2, 0) is 39.8 Å². The van der Waals surface area contributed by atoms with Crippen LogP contribution in [0.25, 0.3) is 17.0 Å². The van der Waals surface area contributed by atoms with Crippen LogP contribution >= 0.6 is 0 Å². The van der Waals surface area contributed by atoms with Crippen LogP contribution < -0.4 is 5.32 Å². The number of aromatic nitrogens is 1. The lowest BCUT2D eigenvalue weighted by Gasteiger charge is -2.11. The Morgan fingerprint density at radius 1 is 0.941 bits per heavy atom. The molecule has 0 radical (unpaired) electrons. The number of nitrogens with one attached hydrogen (secondary N) is 1. The van der Waals surface area contributed by atoms with Crippen molar-refractivity contribution in [2.24, 2.45) is 0 Å². The smallest absolute Gasteiger partial charge is 0.416 e. The van der Waals surface area contributed by atoms with Gasteiger partial charge < -0.3 is 10.1 Å². The van der Waals surface area contributed by atoms with Gasteiger partial charge in [0.25, 0.3) is 0 Å². The summed E-state index contributed by atoms with van der Waals surface area (Å²) < 4.78 is 42.8. The van der Waals surface area contributed by atoms with E-state index in [9.17, 15) is 22.8 Å². The molecule has 0 atom stereocenters. The summed E-state index contributed by atoms with van der Waals surface area (Å²) in [5, 5.41) is 2.83. The van der Waals surface area contributed by atoms with Crippen molar-refractivity contribution < 1.29 is 27.5 Å². The molecule has 5 nitrogen and oxygen atoms in total. The predicted octanol–water partition coefficient (Wildman–Crippen LogP) is 4.74. The number of fused-ring (bicyclic) bond motifs is 1. The molecule has 3 aromatic rings. The van der Waals surface area contributed by atoms with Crippen molar-refractivity contribution in [2.45, 2.75) is 25.4 Å². The van der Waals surface area contributed by atoms with Crippen molar-refractivity contribution >= 4 is 17.6 Å². The Hall–Kier alpha value is -3.94. The standard InChI is InChI=1S/C26H21F3N2O3/c1-34-25(33)15-17-2-6-18(7-3-17)21-11-10-20-22(30-21)12-13-23(20)31-24(32)14-16-4-8-19(9-5-16)26(27,28)29/h2-11,13H,12,14-15H2,1H3,(H,31,32). The summed E-state index contributed by atoms with van der Waals surface area (Å²) in [4.78, 5) is 28.6. The van der Waals surface area contributed by atoms with Crippen LogP contribution in [0.5, 0.6) is 0 Å². The summed E-state index contributed by atoms with van der Waals surface area (Å²) in [5.74, 6) is -0.619. The maximum atomic E-state index is 12.7. The Morgan fingerprint density at radius 2 is 1.59 bits per heavy atom. The molecular formula is C26H21F3N2O3.